The van der Waals surface area contributed by atoms with Crippen LogP contribution in [0.15, 0.2) is 0 Å². The smallest absolute Gasteiger partial charge is 0.308 e. The topological polar surface area (TPSA) is 86.7 Å². The van der Waals surface area contributed by atoms with Crippen molar-refractivity contribution in [3.63, 3.8) is 0 Å². The Morgan fingerprint density at radius 2 is 2.10 bits per heavy atom. The molecular formula is C15H26N2O4. The van der Waals surface area contributed by atoms with Gasteiger partial charge in [0.05, 0.1) is 11.8 Å². The number of aliphatic carboxylic acids is 1. The quantitative estimate of drug-likeness (QED) is 0.703. The van der Waals surface area contributed by atoms with Gasteiger partial charge in [-0.1, -0.05) is 27.2 Å². The van der Waals surface area contributed by atoms with Crippen molar-refractivity contribution in [1.82, 2.24) is 10.2 Å². The number of rotatable bonds is 8. The Hall–Kier alpha value is -1.59. The fourth-order valence-electron chi connectivity index (χ4n) is 2.59. The van der Waals surface area contributed by atoms with Crippen molar-refractivity contribution in [2.75, 3.05) is 19.6 Å². The number of carboxylic acids is 1. The number of hydrogen-bond donors (Lipinski definition) is 2. The highest BCUT2D eigenvalue weighted by Gasteiger charge is 2.34. The fourth-order valence-corrected chi connectivity index (χ4v) is 2.59. The Morgan fingerprint density at radius 3 is 2.62 bits per heavy atom. The number of likely N-dealkylation sites (tertiary alicyclic amines) is 1. The molecule has 1 rings (SSSR count). The van der Waals surface area contributed by atoms with E-state index in [2.05, 4.69) is 5.32 Å². The maximum Gasteiger partial charge on any atom is 0.308 e. The second-order valence-electron chi connectivity index (χ2n) is 6.16. The van der Waals surface area contributed by atoms with Crippen molar-refractivity contribution in [1.29, 1.82) is 0 Å². The van der Waals surface area contributed by atoms with Gasteiger partial charge in [0.2, 0.25) is 11.8 Å². The molecule has 0 aromatic carbocycles. The third-order valence-corrected chi connectivity index (χ3v) is 3.68. The van der Waals surface area contributed by atoms with Crippen molar-refractivity contribution >= 4 is 17.8 Å². The summed E-state index contributed by atoms with van der Waals surface area (Å²) in [6, 6.07) is 0. The summed E-state index contributed by atoms with van der Waals surface area (Å²) in [6.45, 7) is 7.21. The van der Waals surface area contributed by atoms with Gasteiger partial charge in [0.25, 0.3) is 0 Å². The standard InChI is InChI=1S/C15H26N2O4/c1-4-5-11(15(20)21)7-16-14(19)12-6-13(18)17(9-12)8-10(2)3/h10-12H,4-9H2,1-3H3,(H,16,19)(H,20,21). The molecule has 120 valence electrons. The molecule has 0 aromatic rings. The third-order valence-electron chi connectivity index (χ3n) is 3.68. The van der Waals surface area contributed by atoms with Gasteiger partial charge in [0, 0.05) is 26.1 Å². The van der Waals surface area contributed by atoms with Crippen LogP contribution in [0.1, 0.15) is 40.0 Å². The van der Waals surface area contributed by atoms with Crippen LogP contribution in [0.4, 0.5) is 0 Å². The highest BCUT2D eigenvalue weighted by molar-refractivity contribution is 5.89. The number of carboxylic acid groups (broad SMARTS) is 1. The van der Waals surface area contributed by atoms with Crippen LogP contribution in [0.5, 0.6) is 0 Å². The van der Waals surface area contributed by atoms with E-state index in [0.717, 1.165) is 6.42 Å². The number of nitrogens with one attached hydrogen (secondary N) is 1. The number of hydrogen-bond acceptors (Lipinski definition) is 3. The zero-order valence-electron chi connectivity index (χ0n) is 13.1. The third kappa shape index (κ3) is 5.36. The van der Waals surface area contributed by atoms with Gasteiger partial charge in [0.1, 0.15) is 0 Å². The number of carbonyl (C=O) groups is 3. The van der Waals surface area contributed by atoms with Gasteiger partial charge in [-0.25, -0.2) is 0 Å². The van der Waals surface area contributed by atoms with Gasteiger partial charge < -0.3 is 15.3 Å². The molecule has 0 saturated carbocycles. The molecule has 0 aromatic heterocycles. The molecule has 0 spiro atoms. The SMILES string of the molecule is CCCC(CNC(=O)C1CC(=O)N(CC(C)C)C1)C(=O)O. The second-order valence-corrected chi connectivity index (χ2v) is 6.16. The first kappa shape index (κ1) is 17.5. The van der Waals surface area contributed by atoms with Crippen molar-refractivity contribution in [3.8, 4) is 0 Å². The molecule has 2 N–H and O–H groups in total. The number of amides is 2. The van der Waals surface area contributed by atoms with Gasteiger partial charge in [-0.15, -0.1) is 0 Å². The molecule has 0 aliphatic carbocycles. The van der Waals surface area contributed by atoms with E-state index in [0.29, 0.717) is 25.4 Å². The molecule has 1 fully saturated rings. The van der Waals surface area contributed by atoms with Crippen LogP contribution in [0, 0.1) is 17.8 Å². The van der Waals surface area contributed by atoms with E-state index in [1.165, 1.54) is 0 Å². The molecule has 1 aliphatic rings. The van der Waals surface area contributed by atoms with E-state index in [4.69, 9.17) is 5.11 Å². The molecule has 1 aliphatic heterocycles. The monoisotopic (exact) mass is 298 g/mol. The first-order valence-corrected chi connectivity index (χ1v) is 7.63. The molecule has 2 amide bonds. The van der Waals surface area contributed by atoms with Crippen LogP contribution in [0.2, 0.25) is 0 Å². The van der Waals surface area contributed by atoms with E-state index < -0.39 is 11.9 Å². The maximum atomic E-state index is 12.1. The van der Waals surface area contributed by atoms with Crippen LogP contribution in [0.3, 0.4) is 0 Å². The molecule has 2 atom stereocenters. The van der Waals surface area contributed by atoms with Crippen LogP contribution < -0.4 is 5.32 Å². The summed E-state index contributed by atoms with van der Waals surface area (Å²) in [4.78, 5) is 36.6. The van der Waals surface area contributed by atoms with Gasteiger partial charge in [-0.05, 0) is 12.3 Å². The van der Waals surface area contributed by atoms with E-state index in [1.54, 1.807) is 4.90 Å². The number of nitrogens with zero attached hydrogens (tertiary/aromatic N) is 1. The Balaban J connectivity index is 2.46. The Morgan fingerprint density at radius 1 is 1.43 bits per heavy atom. The van der Waals surface area contributed by atoms with E-state index in [1.807, 2.05) is 20.8 Å². The number of carbonyl (C=O) groups excluding carboxylic acids is 2. The molecule has 0 radical (unpaired) electrons. The first-order chi connectivity index (χ1) is 9.85. The lowest BCUT2D eigenvalue weighted by Crippen LogP contribution is -2.38. The lowest BCUT2D eigenvalue weighted by molar-refractivity contribution is -0.142. The van der Waals surface area contributed by atoms with Gasteiger partial charge >= 0.3 is 5.97 Å². The van der Waals surface area contributed by atoms with Gasteiger partial charge in [-0.3, -0.25) is 14.4 Å². The minimum absolute atomic E-state index is 0.00666. The predicted octanol–water partition coefficient (Wildman–Crippen LogP) is 1.11. The average Bonchev–Trinajstić information content (AvgIpc) is 2.74. The van der Waals surface area contributed by atoms with E-state index >= 15 is 0 Å². The molecule has 6 heteroatoms. The summed E-state index contributed by atoms with van der Waals surface area (Å²) in [5, 5.41) is 11.7. The van der Waals surface area contributed by atoms with Crippen LogP contribution >= 0.6 is 0 Å². The van der Waals surface area contributed by atoms with Crippen LogP contribution in [0.25, 0.3) is 0 Å². The molecule has 6 nitrogen and oxygen atoms in total. The first-order valence-electron chi connectivity index (χ1n) is 7.63. The summed E-state index contributed by atoms with van der Waals surface area (Å²) >= 11 is 0. The highest BCUT2D eigenvalue weighted by Crippen LogP contribution is 2.19. The summed E-state index contributed by atoms with van der Waals surface area (Å²) in [5.74, 6) is -1.63. The van der Waals surface area contributed by atoms with Crippen molar-refractivity contribution in [2.45, 2.75) is 40.0 Å². The molecule has 0 bridgehead atoms. The molecule has 1 saturated heterocycles. The lowest BCUT2D eigenvalue weighted by Gasteiger charge is -2.19. The summed E-state index contributed by atoms with van der Waals surface area (Å²) in [5.41, 5.74) is 0. The molecule has 2 unspecified atom stereocenters. The largest absolute Gasteiger partial charge is 0.481 e. The average molecular weight is 298 g/mol. The zero-order valence-corrected chi connectivity index (χ0v) is 13.1. The summed E-state index contributed by atoms with van der Waals surface area (Å²) in [6.07, 6.45) is 1.53. The maximum absolute atomic E-state index is 12.1. The summed E-state index contributed by atoms with van der Waals surface area (Å²) in [7, 11) is 0. The van der Waals surface area contributed by atoms with Crippen molar-refractivity contribution in [3.05, 3.63) is 0 Å². The Bertz CT molecular complexity index is 395. The van der Waals surface area contributed by atoms with Crippen molar-refractivity contribution < 1.29 is 19.5 Å². The normalized spacial score (nSPS) is 19.9. The van der Waals surface area contributed by atoms with Crippen molar-refractivity contribution in [2.24, 2.45) is 17.8 Å². The van der Waals surface area contributed by atoms with Crippen LogP contribution in [-0.4, -0.2) is 47.4 Å². The Kier molecular flexibility index (Phi) is 6.65. The van der Waals surface area contributed by atoms with E-state index in [9.17, 15) is 14.4 Å². The molecular weight excluding hydrogens is 272 g/mol. The predicted molar refractivity (Wildman–Crippen MR) is 78.6 cm³/mol. The minimum atomic E-state index is -0.888. The fraction of sp³-hybridized carbons (Fsp3) is 0.800. The van der Waals surface area contributed by atoms with Gasteiger partial charge in [-0.2, -0.15) is 0 Å². The zero-order chi connectivity index (χ0) is 16.0. The van der Waals surface area contributed by atoms with Crippen LogP contribution in [-0.2, 0) is 14.4 Å². The highest BCUT2D eigenvalue weighted by atomic mass is 16.4. The molecule has 21 heavy (non-hydrogen) atoms. The molecule has 1 heterocycles. The summed E-state index contributed by atoms with van der Waals surface area (Å²) < 4.78 is 0. The Labute approximate surface area is 125 Å². The minimum Gasteiger partial charge on any atom is -0.481 e. The second kappa shape index (κ2) is 8.00. The lowest BCUT2D eigenvalue weighted by atomic mass is 10.0. The van der Waals surface area contributed by atoms with E-state index in [-0.39, 0.29) is 30.7 Å². The van der Waals surface area contributed by atoms with Gasteiger partial charge in [0.15, 0.2) is 0 Å².